The standard InChI is InChI=1S/C27H27N3O4S2/c1-3-4-14-34-22-11-10-19(15-18(22)2)25-20(17-30(28-25)21-8-6-5-7-9-21)16-23-26(33)29(27(35)36-23)13-12-24(31)32/h5-11,15-17H,3-4,12-14H2,1-2H3,(H,31,32)/b23-16-. The predicted molar refractivity (Wildman–Crippen MR) is 146 cm³/mol. The van der Waals surface area contributed by atoms with Crippen LogP contribution in [-0.2, 0) is 9.59 Å². The molecule has 1 aliphatic heterocycles. The van der Waals surface area contributed by atoms with Gasteiger partial charge in [-0.3, -0.25) is 14.5 Å². The molecule has 0 spiro atoms. The van der Waals surface area contributed by atoms with Crippen molar-refractivity contribution in [2.45, 2.75) is 33.1 Å². The lowest BCUT2D eigenvalue weighted by Crippen LogP contribution is -2.30. The molecule has 9 heteroatoms. The molecule has 0 bridgehead atoms. The first kappa shape index (κ1) is 25.7. The number of aliphatic carboxylic acids is 1. The van der Waals surface area contributed by atoms with Crippen molar-refractivity contribution in [1.82, 2.24) is 14.7 Å². The number of unbranched alkanes of at least 4 members (excludes halogenated alkanes) is 1. The maximum Gasteiger partial charge on any atom is 0.305 e. The number of thioether (sulfide) groups is 1. The van der Waals surface area contributed by atoms with Crippen molar-refractivity contribution >= 4 is 46.3 Å². The van der Waals surface area contributed by atoms with Crippen LogP contribution in [0.2, 0.25) is 0 Å². The summed E-state index contributed by atoms with van der Waals surface area (Å²) < 4.78 is 8.05. The third-order valence-electron chi connectivity index (χ3n) is 5.68. The lowest BCUT2D eigenvalue weighted by Gasteiger charge is -2.12. The Hall–Kier alpha value is -3.43. The Labute approximate surface area is 219 Å². The van der Waals surface area contributed by atoms with Crippen molar-refractivity contribution in [3.05, 3.63) is 70.8 Å². The maximum absolute atomic E-state index is 13.0. The van der Waals surface area contributed by atoms with Crippen molar-refractivity contribution in [2.24, 2.45) is 0 Å². The van der Waals surface area contributed by atoms with E-state index in [1.807, 2.05) is 61.7 Å². The number of carbonyl (C=O) groups is 2. The zero-order valence-electron chi connectivity index (χ0n) is 20.1. The zero-order chi connectivity index (χ0) is 25.7. The lowest BCUT2D eigenvalue weighted by atomic mass is 10.0. The molecule has 4 rings (SSSR count). The summed E-state index contributed by atoms with van der Waals surface area (Å²) in [5, 5.41) is 13.8. The molecule has 1 amide bonds. The van der Waals surface area contributed by atoms with Gasteiger partial charge in [0.05, 0.1) is 23.6 Å². The van der Waals surface area contributed by atoms with Crippen LogP contribution in [0, 0.1) is 6.92 Å². The highest BCUT2D eigenvalue weighted by atomic mass is 32.2. The third kappa shape index (κ3) is 5.85. The number of aromatic nitrogens is 2. The summed E-state index contributed by atoms with van der Waals surface area (Å²) in [6.07, 6.45) is 5.57. The van der Waals surface area contributed by atoms with Gasteiger partial charge in [-0.05, 0) is 55.3 Å². The molecule has 0 aliphatic carbocycles. The molecule has 1 N–H and O–H groups in total. The molecule has 1 fully saturated rings. The molecule has 0 unspecified atom stereocenters. The number of hydrogen-bond donors (Lipinski definition) is 1. The quantitative estimate of drug-likeness (QED) is 0.208. The summed E-state index contributed by atoms with van der Waals surface area (Å²) in [5.74, 6) is -0.423. The average Bonchev–Trinajstić information content (AvgIpc) is 3.40. The van der Waals surface area contributed by atoms with Crippen molar-refractivity contribution < 1.29 is 19.4 Å². The molecule has 1 saturated heterocycles. The molecular weight excluding hydrogens is 494 g/mol. The molecule has 36 heavy (non-hydrogen) atoms. The smallest absolute Gasteiger partial charge is 0.305 e. The van der Waals surface area contributed by atoms with E-state index in [4.69, 9.17) is 27.2 Å². The molecule has 0 radical (unpaired) electrons. The van der Waals surface area contributed by atoms with Crippen LogP contribution in [0.3, 0.4) is 0 Å². The van der Waals surface area contributed by atoms with E-state index in [2.05, 4.69) is 6.92 Å². The van der Waals surface area contributed by atoms with Crippen LogP contribution in [-0.4, -0.2) is 49.1 Å². The fourth-order valence-electron chi connectivity index (χ4n) is 3.76. The molecule has 2 aromatic carbocycles. The minimum Gasteiger partial charge on any atom is -0.493 e. The second kappa shape index (κ2) is 11.5. The predicted octanol–water partition coefficient (Wildman–Crippen LogP) is 5.70. The number of amides is 1. The number of carboxylic acid groups (broad SMARTS) is 1. The first-order valence-electron chi connectivity index (χ1n) is 11.7. The van der Waals surface area contributed by atoms with E-state index in [1.165, 1.54) is 16.7 Å². The fraction of sp³-hybridized carbons (Fsp3) is 0.259. The van der Waals surface area contributed by atoms with Crippen LogP contribution in [0.1, 0.15) is 37.3 Å². The summed E-state index contributed by atoms with van der Waals surface area (Å²) in [6.45, 7) is 4.86. The Balaban J connectivity index is 1.71. The van der Waals surface area contributed by atoms with E-state index in [0.717, 1.165) is 46.7 Å². The van der Waals surface area contributed by atoms with E-state index in [9.17, 15) is 9.59 Å². The van der Waals surface area contributed by atoms with Crippen LogP contribution in [0.4, 0.5) is 0 Å². The monoisotopic (exact) mass is 521 g/mol. The minimum absolute atomic E-state index is 0.0478. The Morgan fingerprint density at radius 2 is 2.00 bits per heavy atom. The van der Waals surface area contributed by atoms with Gasteiger partial charge in [-0.15, -0.1) is 0 Å². The van der Waals surface area contributed by atoms with Gasteiger partial charge in [0, 0.05) is 23.9 Å². The first-order chi connectivity index (χ1) is 17.4. The van der Waals surface area contributed by atoms with Crippen LogP contribution in [0.5, 0.6) is 5.75 Å². The topological polar surface area (TPSA) is 84.7 Å². The van der Waals surface area contributed by atoms with Gasteiger partial charge < -0.3 is 9.84 Å². The third-order valence-corrected chi connectivity index (χ3v) is 7.05. The van der Waals surface area contributed by atoms with Gasteiger partial charge in [0.15, 0.2) is 0 Å². The SMILES string of the molecule is CCCCOc1ccc(-c2nn(-c3ccccc3)cc2/C=C2\SC(=S)N(CCC(=O)O)C2=O)cc1C. The van der Waals surface area contributed by atoms with Crippen molar-refractivity contribution in [1.29, 1.82) is 0 Å². The fourth-order valence-corrected chi connectivity index (χ4v) is 5.06. The molecular formula is C27H27N3O4S2. The number of carbonyl (C=O) groups excluding carboxylic acids is 1. The zero-order valence-corrected chi connectivity index (χ0v) is 21.8. The number of aryl methyl sites for hydroxylation is 1. The highest BCUT2D eigenvalue weighted by Gasteiger charge is 2.32. The van der Waals surface area contributed by atoms with E-state index in [-0.39, 0.29) is 18.9 Å². The molecule has 1 aromatic heterocycles. The maximum atomic E-state index is 13.0. The van der Waals surface area contributed by atoms with Crippen LogP contribution in [0.25, 0.3) is 23.0 Å². The van der Waals surface area contributed by atoms with Crippen LogP contribution >= 0.6 is 24.0 Å². The van der Waals surface area contributed by atoms with Crippen molar-refractivity contribution in [3.63, 3.8) is 0 Å². The molecule has 7 nitrogen and oxygen atoms in total. The Bertz CT molecular complexity index is 1320. The molecule has 186 valence electrons. The van der Waals surface area contributed by atoms with E-state index >= 15 is 0 Å². The van der Waals surface area contributed by atoms with Gasteiger partial charge in [0.1, 0.15) is 15.8 Å². The second-order valence-electron chi connectivity index (χ2n) is 8.37. The van der Waals surface area contributed by atoms with Gasteiger partial charge in [-0.25, -0.2) is 4.68 Å². The van der Waals surface area contributed by atoms with Gasteiger partial charge in [0.25, 0.3) is 5.91 Å². The number of ether oxygens (including phenoxy) is 1. The highest BCUT2D eigenvalue weighted by molar-refractivity contribution is 8.26. The number of thiocarbonyl (C=S) groups is 1. The Kier molecular flexibility index (Phi) is 8.22. The summed E-state index contributed by atoms with van der Waals surface area (Å²) in [7, 11) is 0. The lowest BCUT2D eigenvalue weighted by molar-refractivity contribution is -0.137. The largest absolute Gasteiger partial charge is 0.493 e. The summed E-state index contributed by atoms with van der Waals surface area (Å²) in [4.78, 5) is 25.8. The average molecular weight is 522 g/mol. The van der Waals surface area contributed by atoms with Gasteiger partial charge in [0.2, 0.25) is 0 Å². The highest BCUT2D eigenvalue weighted by Crippen LogP contribution is 2.35. The van der Waals surface area contributed by atoms with Crippen molar-refractivity contribution in [2.75, 3.05) is 13.2 Å². The second-order valence-corrected chi connectivity index (χ2v) is 10.0. The number of hydrogen-bond acceptors (Lipinski definition) is 6. The first-order valence-corrected chi connectivity index (χ1v) is 13.0. The summed E-state index contributed by atoms with van der Waals surface area (Å²) >= 11 is 6.52. The van der Waals surface area contributed by atoms with Gasteiger partial charge >= 0.3 is 5.97 Å². The van der Waals surface area contributed by atoms with Crippen LogP contribution < -0.4 is 4.74 Å². The summed E-state index contributed by atoms with van der Waals surface area (Å²) in [6, 6.07) is 15.7. The van der Waals surface area contributed by atoms with E-state index in [1.54, 1.807) is 10.8 Å². The molecule has 3 aromatic rings. The van der Waals surface area contributed by atoms with Crippen LogP contribution in [0.15, 0.2) is 59.6 Å². The molecule has 1 aliphatic rings. The molecule has 2 heterocycles. The number of rotatable bonds is 10. The molecule has 0 saturated carbocycles. The number of benzene rings is 2. The molecule has 0 atom stereocenters. The minimum atomic E-state index is -0.975. The Morgan fingerprint density at radius 3 is 2.69 bits per heavy atom. The van der Waals surface area contributed by atoms with Crippen molar-refractivity contribution in [3.8, 4) is 22.7 Å². The normalized spacial score (nSPS) is 14.6. The number of carboxylic acids is 1. The number of para-hydroxylation sites is 1. The van der Waals surface area contributed by atoms with Gasteiger partial charge in [-0.1, -0.05) is 55.5 Å². The number of nitrogens with zero attached hydrogens (tertiary/aromatic N) is 3. The van der Waals surface area contributed by atoms with E-state index in [0.29, 0.717) is 15.8 Å². The Morgan fingerprint density at radius 1 is 1.22 bits per heavy atom. The van der Waals surface area contributed by atoms with E-state index < -0.39 is 5.97 Å². The summed E-state index contributed by atoms with van der Waals surface area (Å²) in [5.41, 5.74) is 4.28. The van der Waals surface area contributed by atoms with Gasteiger partial charge in [-0.2, -0.15) is 5.10 Å².